The van der Waals surface area contributed by atoms with Crippen LogP contribution in [0.25, 0.3) is 0 Å². The molecule has 0 aliphatic carbocycles. The molecule has 8 heteroatoms. The Balaban J connectivity index is 2.12. The minimum absolute atomic E-state index is 0.0975. The van der Waals surface area contributed by atoms with Crippen LogP contribution in [-0.4, -0.2) is 44.3 Å². The van der Waals surface area contributed by atoms with Crippen LogP contribution < -0.4 is 9.47 Å². The number of hydrogen-bond acceptors (Lipinski definition) is 8. The van der Waals surface area contributed by atoms with E-state index in [1.807, 2.05) is 19.9 Å². The molecular weight excluding hydrogens is 428 g/mol. The van der Waals surface area contributed by atoms with Crippen LogP contribution >= 0.6 is 0 Å². The number of fused-ring (bicyclic) bond motifs is 1. The van der Waals surface area contributed by atoms with Crippen LogP contribution in [0.3, 0.4) is 0 Å². The molecule has 0 N–H and O–H groups in total. The van der Waals surface area contributed by atoms with Crippen molar-refractivity contribution < 1.29 is 38.1 Å². The van der Waals surface area contributed by atoms with Gasteiger partial charge < -0.3 is 23.7 Å². The molecule has 0 bridgehead atoms. The van der Waals surface area contributed by atoms with Crippen molar-refractivity contribution in [3.05, 3.63) is 60.4 Å². The summed E-state index contributed by atoms with van der Waals surface area (Å²) < 4.78 is 26.3. The van der Waals surface area contributed by atoms with Crippen molar-refractivity contribution in [1.82, 2.24) is 0 Å². The summed E-state index contributed by atoms with van der Waals surface area (Å²) in [6.07, 6.45) is 3.71. The molecule has 0 aromatic heterocycles. The predicted molar refractivity (Wildman–Crippen MR) is 121 cm³/mol. The molecule has 33 heavy (non-hydrogen) atoms. The maximum Gasteiger partial charge on any atom is 0.344 e. The second-order valence-electron chi connectivity index (χ2n) is 7.52. The maximum absolute atomic E-state index is 12.4. The number of carbonyl (C=O) groups excluding carboxylic acids is 3. The van der Waals surface area contributed by atoms with Crippen molar-refractivity contribution in [3.63, 3.8) is 0 Å². The number of rotatable bonds is 12. The van der Waals surface area contributed by atoms with Crippen molar-refractivity contribution in [2.24, 2.45) is 0 Å². The molecule has 178 valence electrons. The largest absolute Gasteiger partial charge is 0.496 e. The highest BCUT2D eigenvalue weighted by atomic mass is 16.6. The van der Waals surface area contributed by atoms with E-state index < -0.39 is 30.6 Å². The normalized spacial score (nSPS) is 12.8. The summed E-state index contributed by atoms with van der Waals surface area (Å²) >= 11 is 0. The van der Waals surface area contributed by atoms with Gasteiger partial charge in [0.1, 0.15) is 36.4 Å². The van der Waals surface area contributed by atoms with Crippen LogP contribution in [-0.2, 0) is 36.8 Å². The second kappa shape index (κ2) is 12.1. The lowest BCUT2D eigenvalue weighted by atomic mass is 9.94. The Morgan fingerprint density at radius 3 is 2.55 bits per heavy atom. The van der Waals surface area contributed by atoms with E-state index in [4.69, 9.17) is 23.7 Å². The SMILES string of the molecule is [CH2]C([CH2])OC(=O)COC(=O)CC/C(C)=C/Cc1c(OC)c(C)c2c(c1OCC=C)C(=O)OC2. The zero-order chi connectivity index (χ0) is 24.5. The van der Waals surface area contributed by atoms with E-state index in [0.717, 1.165) is 22.3 Å². The third kappa shape index (κ3) is 6.84. The van der Waals surface area contributed by atoms with Crippen molar-refractivity contribution in [2.45, 2.75) is 45.8 Å². The maximum atomic E-state index is 12.4. The molecule has 1 aliphatic heterocycles. The van der Waals surface area contributed by atoms with Gasteiger partial charge in [-0.2, -0.15) is 0 Å². The van der Waals surface area contributed by atoms with Gasteiger partial charge in [-0.15, -0.1) is 0 Å². The molecule has 1 aromatic carbocycles. The Morgan fingerprint density at radius 2 is 1.91 bits per heavy atom. The van der Waals surface area contributed by atoms with Crippen molar-refractivity contribution in [3.8, 4) is 11.5 Å². The summed E-state index contributed by atoms with van der Waals surface area (Å²) in [6, 6.07) is 0. The minimum atomic E-state index is -0.761. The third-order valence-electron chi connectivity index (χ3n) is 5.00. The molecule has 1 aliphatic rings. The van der Waals surface area contributed by atoms with E-state index in [-0.39, 0.29) is 19.6 Å². The Kier molecular flexibility index (Phi) is 9.51. The van der Waals surface area contributed by atoms with Crippen LogP contribution in [0, 0.1) is 20.8 Å². The molecule has 0 spiro atoms. The molecule has 1 aromatic rings. The fourth-order valence-corrected chi connectivity index (χ4v) is 3.42. The first-order valence-electron chi connectivity index (χ1n) is 10.5. The number of hydrogen-bond donors (Lipinski definition) is 0. The van der Waals surface area contributed by atoms with Crippen LogP contribution in [0.2, 0.25) is 0 Å². The highest BCUT2D eigenvalue weighted by Crippen LogP contribution is 2.42. The molecule has 1 heterocycles. The Labute approximate surface area is 194 Å². The van der Waals surface area contributed by atoms with Gasteiger partial charge in [0, 0.05) is 17.5 Å². The van der Waals surface area contributed by atoms with Gasteiger partial charge in [-0.05, 0) is 46.1 Å². The molecule has 0 unspecified atom stereocenters. The first kappa shape index (κ1) is 26.0. The predicted octanol–water partition coefficient (Wildman–Crippen LogP) is 3.63. The first-order chi connectivity index (χ1) is 15.7. The van der Waals surface area contributed by atoms with Gasteiger partial charge in [-0.1, -0.05) is 24.3 Å². The molecule has 2 radical (unpaired) electrons. The zero-order valence-corrected chi connectivity index (χ0v) is 19.4. The summed E-state index contributed by atoms with van der Waals surface area (Å²) in [6.45, 7) is 14.2. The number of allylic oxidation sites excluding steroid dienone is 2. The van der Waals surface area contributed by atoms with Gasteiger partial charge in [-0.25, -0.2) is 9.59 Å². The minimum Gasteiger partial charge on any atom is -0.496 e. The van der Waals surface area contributed by atoms with Gasteiger partial charge in [0.05, 0.1) is 7.11 Å². The molecule has 8 nitrogen and oxygen atoms in total. The van der Waals surface area contributed by atoms with E-state index in [9.17, 15) is 14.4 Å². The zero-order valence-electron chi connectivity index (χ0n) is 19.4. The number of cyclic esters (lactones) is 1. The van der Waals surface area contributed by atoms with Crippen molar-refractivity contribution in [1.29, 1.82) is 0 Å². The van der Waals surface area contributed by atoms with Gasteiger partial charge in [0.15, 0.2) is 6.61 Å². The van der Waals surface area contributed by atoms with E-state index in [0.29, 0.717) is 29.9 Å². The average molecular weight is 459 g/mol. The monoisotopic (exact) mass is 458 g/mol. The van der Waals surface area contributed by atoms with E-state index >= 15 is 0 Å². The highest BCUT2D eigenvalue weighted by Gasteiger charge is 2.33. The molecule has 0 amide bonds. The lowest BCUT2D eigenvalue weighted by Crippen LogP contribution is -2.19. The lowest BCUT2D eigenvalue weighted by Gasteiger charge is -2.19. The number of ether oxygens (including phenoxy) is 5. The lowest BCUT2D eigenvalue weighted by molar-refractivity contribution is -0.159. The van der Waals surface area contributed by atoms with E-state index in [2.05, 4.69) is 20.4 Å². The summed E-state index contributed by atoms with van der Waals surface area (Å²) in [5.41, 5.74) is 3.63. The van der Waals surface area contributed by atoms with Gasteiger partial charge in [0.2, 0.25) is 0 Å². The van der Waals surface area contributed by atoms with Gasteiger partial charge in [-0.3, -0.25) is 4.79 Å². The summed E-state index contributed by atoms with van der Waals surface area (Å²) in [7, 11) is 1.57. The molecule has 0 saturated carbocycles. The summed E-state index contributed by atoms with van der Waals surface area (Å²) in [4.78, 5) is 35.7. The topological polar surface area (TPSA) is 97.4 Å². The summed E-state index contributed by atoms with van der Waals surface area (Å²) in [5.74, 6) is -0.599. The number of esters is 3. The quantitative estimate of drug-likeness (QED) is 0.266. The molecular formula is C25H30O8. The fourth-order valence-electron chi connectivity index (χ4n) is 3.42. The van der Waals surface area contributed by atoms with Crippen molar-refractivity contribution in [2.75, 3.05) is 20.3 Å². The van der Waals surface area contributed by atoms with Crippen LogP contribution in [0.15, 0.2) is 24.3 Å². The van der Waals surface area contributed by atoms with Crippen LogP contribution in [0.5, 0.6) is 11.5 Å². The van der Waals surface area contributed by atoms with Gasteiger partial charge >= 0.3 is 17.9 Å². The molecule has 0 fully saturated rings. The highest BCUT2D eigenvalue weighted by molar-refractivity contribution is 5.98. The molecule has 0 saturated heterocycles. The van der Waals surface area contributed by atoms with Crippen LogP contribution in [0.4, 0.5) is 0 Å². The third-order valence-corrected chi connectivity index (χ3v) is 5.00. The van der Waals surface area contributed by atoms with Crippen LogP contribution in [0.1, 0.15) is 46.8 Å². The Bertz CT molecular complexity index is 942. The smallest absolute Gasteiger partial charge is 0.344 e. The Hall–Kier alpha value is -3.29. The van der Waals surface area contributed by atoms with Gasteiger partial charge in [0.25, 0.3) is 0 Å². The second-order valence-corrected chi connectivity index (χ2v) is 7.52. The molecule has 2 rings (SSSR count). The number of methoxy groups -OCH3 is 1. The number of benzene rings is 1. The summed E-state index contributed by atoms with van der Waals surface area (Å²) in [5, 5.41) is 0. The standard InChI is InChI=1S/C25H30O8/c1-7-12-30-24-18(23(29-6)17(5)19-13-32-25(28)22(19)24)10-8-16(4)9-11-20(26)31-14-21(27)33-15(2)3/h7-8,15H,1-3,9-14H2,4-6H3/b16-8+. The first-order valence-corrected chi connectivity index (χ1v) is 10.5. The average Bonchev–Trinajstić information content (AvgIpc) is 3.15. The van der Waals surface area contributed by atoms with E-state index in [1.165, 1.54) is 0 Å². The number of carbonyl (C=O) groups is 3. The Morgan fingerprint density at radius 1 is 1.18 bits per heavy atom. The van der Waals surface area contributed by atoms with Crippen molar-refractivity contribution >= 4 is 17.9 Å². The molecule has 0 atom stereocenters. The van der Waals surface area contributed by atoms with E-state index in [1.54, 1.807) is 13.2 Å². The fraction of sp³-hybridized carbons (Fsp3) is 0.400.